The lowest BCUT2D eigenvalue weighted by atomic mass is 9.46. The van der Waals surface area contributed by atoms with Crippen LogP contribution in [-0.2, 0) is 19.1 Å². The zero-order chi connectivity index (χ0) is 33.9. The van der Waals surface area contributed by atoms with E-state index in [0.717, 1.165) is 56.1 Å². The Bertz CT molecular complexity index is 1410. The van der Waals surface area contributed by atoms with Crippen LogP contribution in [0, 0.1) is 69.0 Å². The van der Waals surface area contributed by atoms with E-state index in [4.69, 9.17) is 4.74 Å². The Balaban J connectivity index is 0.000000176. The standard InChI is InChI=1S/C22H30O2.C19H26O2.C2H4.CH4/c1-14-9-11-21(3)16(13-14)5-6-17-18-7-8-20(24-15(2)23)22(18,4)12-10-19(17)21;1-18-9-7-13(20)11-12(18)3-4-14-15-5-6-17(21)19(15,2)10-8-16(14)18;1-2;/h8-9,11,13,16-19H,5-7,10,12H2,1-4H3;7,9,12,14-16H,3-6,8,10-11H2,1-2H3;1-2H2;1H4/t16?,17?,18?,19?,21-,22-;12?,14?,15?,16?,18-,19-;;/m00../s1. The molecule has 0 spiro atoms. The van der Waals surface area contributed by atoms with Crippen LogP contribution in [0.2, 0.25) is 0 Å². The molecule has 264 valence electrons. The molecule has 0 heterocycles. The Morgan fingerprint density at radius 3 is 2.12 bits per heavy atom. The zero-order valence-electron chi connectivity index (χ0n) is 30.1. The number of Topliss-reactive ketones (excluding diaryl/α,β-unsaturated/α-hetero) is 1. The molecule has 0 saturated heterocycles. The van der Waals surface area contributed by atoms with E-state index in [1.165, 1.54) is 51.0 Å². The summed E-state index contributed by atoms with van der Waals surface area (Å²) in [6.45, 7) is 19.2. The molecule has 4 nitrogen and oxygen atoms in total. The lowest BCUT2D eigenvalue weighted by Crippen LogP contribution is -2.52. The fourth-order valence-corrected chi connectivity index (χ4v) is 12.9. The van der Waals surface area contributed by atoms with Crippen LogP contribution in [0.15, 0.2) is 60.9 Å². The van der Waals surface area contributed by atoms with E-state index < -0.39 is 0 Å². The molecule has 0 N–H and O–H groups in total. The summed E-state index contributed by atoms with van der Waals surface area (Å²) >= 11 is 0. The molecule has 5 fully saturated rings. The highest BCUT2D eigenvalue weighted by Crippen LogP contribution is 2.66. The minimum Gasteiger partial charge on any atom is -0.431 e. The highest BCUT2D eigenvalue weighted by atomic mass is 16.5. The summed E-state index contributed by atoms with van der Waals surface area (Å²) in [6.07, 6.45) is 27.1. The molecule has 8 aliphatic carbocycles. The molecule has 48 heavy (non-hydrogen) atoms. The number of rotatable bonds is 1. The van der Waals surface area contributed by atoms with Crippen molar-refractivity contribution in [2.24, 2.45) is 69.0 Å². The number of hydrogen-bond acceptors (Lipinski definition) is 4. The summed E-state index contributed by atoms with van der Waals surface area (Å²) in [6, 6.07) is 0. The minimum absolute atomic E-state index is 0. The second-order valence-electron chi connectivity index (χ2n) is 17.5. The third kappa shape index (κ3) is 5.69. The summed E-state index contributed by atoms with van der Waals surface area (Å²) < 4.78 is 5.61. The highest BCUT2D eigenvalue weighted by Gasteiger charge is 2.60. The van der Waals surface area contributed by atoms with E-state index in [9.17, 15) is 14.4 Å². The van der Waals surface area contributed by atoms with Gasteiger partial charge >= 0.3 is 5.97 Å². The smallest absolute Gasteiger partial charge is 0.307 e. The molecule has 8 rings (SSSR count). The SMILES string of the molecule is C.C=C.CC(=O)OC1=CCC2C3CCC4C=C(C)C=C[C@]4(C)C3CC[C@]12C.C[C@]12C=CC(=O)CC1CCC1C2CC[C@]2(C)C(=O)CCC12. The summed E-state index contributed by atoms with van der Waals surface area (Å²) in [5.41, 5.74) is 1.98. The van der Waals surface area contributed by atoms with E-state index in [0.29, 0.717) is 52.5 Å². The van der Waals surface area contributed by atoms with Crippen LogP contribution in [-0.4, -0.2) is 17.5 Å². The minimum atomic E-state index is -0.170. The van der Waals surface area contributed by atoms with Crippen LogP contribution in [0.25, 0.3) is 0 Å². The van der Waals surface area contributed by atoms with Gasteiger partial charge in [0.2, 0.25) is 0 Å². The Morgan fingerprint density at radius 1 is 0.792 bits per heavy atom. The second kappa shape index (κ2) is 13.3. The largest absolute Gasteiger partial charge is 0.431 e. The van der Waals surface area contributed by atoms with Gasteiger partial charge in [0.25, 0.3) is 0 Å². The Kier molecular flexibility index (Phi) is 10.2. The molecule has 12 atom stereocenters. The molecule has 0 aromatic heterocycles. The van der Waals surface area contributed by atoms with Gasteiger partial charge in [0, 0.05) is 30.6 Å². The maximum Gasteiger partial charge on any atom is 0.307 e. The second-order valence-corrected chi connectivity index (χ2v) is 17.5. The van der Waals surface area contributed by atoms with Crippen LogP contribution < -0.4 is 0 Å². The number of fused-ring (bicyclic) bond motifs is 10. The Hall–Kier alpha value is -2.49. The maximum absolute atomic E-state index is 12.4. The van der Waals surface area contributed by atoms with Crippen LogP contribution >= 0.6 is 0 Å². The Morgan fingerprint density at radius 2 is 1.42 bits per heavy atom. The average Bonchev–Trinajstić information content (AvgIpc) is 3.54. The van der Waals surface area contributed by atoms with Crippen LogP contribution in [0.5, 0.6) is 0 Å². The van der Waals surface area contributed by atoms with E-state index in [-0.39, 0.29) is 29.6 Å². The summed E-state index contributed by atoms with van der Waals surface area (Å²) in [5.74, 6) is 7.02. The zero-order valence-corrected chi connectivity index (χ0v) is 30.1. The van der Waals surface area contributed by atoms with Crippen molar-refractivity contribution in [2.75, 3.05) is 0 Å². The number of hydrogen-bond donors (Lipinski definition) is 0. The summed E-state index contributed by atoms with van der Waals surface area (Å²) in [5, 5.41) is 0. The maximum atomic E-state index is 12.4. The van der Waals surface area contributed by atoms with E-state index >= 15 is 0 Å². The molecule has 0 aromatic rings. The monoisotopic (exact) mass is 656 g/mol. The Labute approximate surface area is 292 Å². The molecule has 5 saturated carbocycles. The van der Waals surface area contributed by atoms with Crippen molar-refractivity contribution in [3.8, 4) is 0 Å². The number of allylic oxidation sites excluding steroid dienone is 8. The van der Waals surface area contributed by atoms with E-state index in [1.807, 2.05) is 6.08 Å². The van der Waals surface area contributed by atoms with Gasteiger partial charge in [0.05, 0.1) is 0 Å². The average molecular weight is 657 g/mol. The number of carbonyl (C=O) groups is 3. The molecule has 0 amide bonds. The number of esters is 1. The van der Waals surface area contributed by atoms with E-state index in [1.54, 1.807) is 0 Å². The molecule has 8 unspecified atom stereocenters. The van der Waals surface area contributed by atoms with Gasteiger partial charge in [-0.3, -0.25) is 14.4 Å². The first-order valence-corrected chi connectivity index (χ1v) is 18.8. The lowest BCUT2D eigenvalue weighted by molar-refractivity contribution is -0.140. The number of ketones is 2. The van der Waals surface area contributed by atoms with Crippen molar-refractivity contribution in [3.63, 3.8) is 0 Å². The number of ether oxygens (including phenoxy) is 1. The van der Waals surface area contributed by atoms with Crippen molar-refractivity contribution in [1.29, 1.82) is 0 Å². The van der Waals surface area contributed by atoms with Crippen molar-refractivity contribution in [1.82, 2.24) is 0 Å². The predicted octanol–water partition coefficient (Wildman–Crippen LogP) is 10.8. The van der Waals surface area contributed by atoms with E-state index in [2.05, 4.69) is 78.2 Å². The van der Waals surface area contributed by atoms with Gasteiger partial charge < -0.3 is 4.74 Å². The molecule has 0 aromatic carbocycles. The molecular weight excluding hydrogens is 592 g/mol. The fourth-order valence-electron chi connectivity index (χ4n) is 12.9. The molecule has 4 heteroatoms. The van der Waals surface area contributed by atoms with Gasteiger partial charge in [0.1, 0.15) is 11.5 Å². The fraction of sp³-hybridized carbons (Fsp3) is 0.705. The van der Waals surface area contributed by atoms with Crippen molar-refractivity contribution in [2.45, 2.75) is 126 Å². The van der Waals surface area contributed by atoms with Gasteiger partial charge in [-0.2, -0.15) is 0 Å². The topological polar surface area (TPSA) is 60.4 Å². The molecule has 8 aliphatic rings. The predicted molar refractivity (Wildman–Crippen MR) is 196 cm³/mol. The molecule has 0 radical (unpaired) electrons. The third-order valence-electron chi connectivity index (χ3n) is 15.5. The quantitative estimate of drug-likeness (QED) is 0.208. The van der Waals surface area contributed by atoms with Gasteiger partial charge in [-0.15, -0.1) is 13.2 Å². The van der Waals surface area contributed by atoms with Crippen molar-refractivity contribution >= 4 is 17.5 Å². The van der Waals surface area contributed by atoms with Crippen LogP contribution in [0.4, 0.5) is 0 Å². The highest BCUT2D eigenvalue weighted by molar-refractivity contribution is 5.91. The van der Waals surface area contributed by atoms with Gasteiger partial charge in [0.15, 0.2) is 5.78 Å². The van der Waals surface area contributed by atoms with Crippen molar-refractivity contribution < 1.29 is 19.1 Å². The normalized spacial score (nSPS) is 46.1. The van der Waals surface area contributed by atoms with Gasteiger partial charge in [-0.25, -0.2) is 0 Å². The van der Waals surface area contributed by atoms with Gasteiger partial charge in [-0.1, -0.05) is 65.0 Å². The summed E-state index contributed by atoms with van der Waals surface area (Å²) in [7, 11) is 0. The third-order valence-corrected chi connectivity index (χ3v) is 15.5. The van der Waals surface area contributed by atoms with Crippen molar-refractivity contribution in [3.05, 3.63) is 60.9 Å². The first-order valence-electron chi connectivity index (χ1n) is 18.8. The first kappa shape index (κ1) is 36.8. The first-order chi connectivity index (χ1) is 22.3. The van der Waals surface area contributed by atoms with Crippen LogP contribution in [0.3, 0.4) is 0 Å². The summed E-state index contributed by atoms with van der Waals surface area (Å²) in [4.78, 5) is 35.6. The van der Waals surface area contributed by atoms with Crippen LogP contribution in [0.1, 0.15) is 126 Å². The van der Waals surface area contributed by atoms with Gasteiger partial charge in [-0.05, 0) is 141 Å². The molecule has 0 bridgehead atoms. The molecule has 0 aliphatic heterocycles. The lowest BCUT2D eigenvalue weighted by Gasteiger charge is -2.57. The number of carbonyl (C=O) groups excluding carboxylic acids is 3. The molecular formula is C44H64O4.